The van der Waals surface area contributed by atoms with Crippen LogP contribution in [0.3, 0.4) is 0 Å². The molecule has 4 nitrogen and oxygen atoms in total. The summed E-state index contributed by atoms with van der Waals surface area (Å²) in [6.45, 7) is 4.81. The molecule has 0 saturated carbocycles. The van der Waals surface area contributed by atoms with Crippen LogP contribution in [0.1, 0.15) is 35.3 Å². The predicted octanol–water partition coefficient (Wildman–Crippen LogP) is 6.13. The molecule has 0 saturated heterocycles. The zero-order valence-electron chi connectivity index (χ0n) is 16.6. The maximum Gasteiger partial charge on any atom is 0.255 e. The number of hydrogen-bond donors (Lipinski definition) is 1. The summed E-state index contributed by atoms with van der Waals surface area (Å²) in [7, 11) is 0. The Bertz CT molecular complexity index is 970. The van der Waals surface area contributed by atoms with Crippen LogP contribution in [-0.4, -0.2) is 12.5 Å². The largest absolute Gasteiger partial charge is 0.493 e. The first kappa shape index (κ1) is 20.7. The average Bonchev–Trinajstić information content (AvgIpc) is 2.74. The third-order valence-electron chi connectivity index (χ3n) is 4.43. The summed E-state index contributed by atoms with van der Waals surface area (Å²) in [6, 6.07) is 20.4. The average molecular weight is 410 g/mol. The maximum absolute atomic E-state index is 12.7. The highest BCUT2D eigenvalue weighted by Gasteiger charge is 2.12. The molecule has 0 aliphatic heterocycles. The first-order valence-electron chi connectivity index (χ1n) is 9.63. The number of rotatable bonds is 8. The molecule has 3 aromatic carbocycles. The Labute approximate surface area is 176 Å². The van der Waals surface area contributed by atoms with Crippen LogP contribution in [0.2, 0.25) is 5.02 Å². The van der Waals surface area contributed by atoms with Crippen LogP contribution in [0.4, 0.5) is 5.69 Å². The highest BCUT2D eigenvalue weighted by atomic mass is 35.5. The summed E-state index contributed by atoms with van der Waals surface area (Å²) in [6.07, 6.45) is 0.961. The van der Waals surface area contributed by atoms with Crippen molar-refractivity contribution >= 4 is 23.2 Å². The molecule has 0 fully saturated rings. The van der Waals surface area contributed by atoms with Crippen LogP contribution in [0, 0.1) is 0 Å². The summed E-state index contributed by atoms with van der Waals surface area (Å²) >= 11 is 6.01. The fourth-order valence-electron chi connectivity index (χ4n) is 2.87. The minimum atomic E-state index is -0.179. The lowest BCUT2D eigenvalue weighted by Gasteiger charge is -2.14. The van der Waals surface area contributed by atoms with Gasteiger partial charge in [0.15, 0.2) is 0 Å². The van der Waals surface area contributed by atoms with E-state index >= 15 is 0 Å². The molecule has 0 bridgehead atoms. The van der Waals surface area contributed by atoms with Gasteiger partial charge in [-0.3, -0.25) is 4.79 Å². The Balaban J connectivity index is 1.76. The highest BCUT2D eigenvalue weighted by Crippen LogP contribution is 2.24. The minimum absolute atomic E-state index is 0.179. The lowest BCUT2D eigenvalue weighted by Crippen LogP contribution is -2.13. The van der Waals surface area contributed by atoms with Gasteiger partial charge in [-0.05, 0) is 67.4 Å². The number of carbonyl (C=O) groups excluding carboxylic acids is 1. The van der Waals surface area contributed by atoms with Gasteiger partial charge in [-0.15, -0.1) is 0 Å². The molecule has 1 N–H and O–H groups in total. The SMILES string of the molecule is CCOc1ccc(C(=O)Nc2ccc(CC)cc2)cc1COc1cccc(Cl)c1. The molecule has 1 amide bonds. The van der Waals surface area contributed by atoms with Gasteiger partial charge in [-0.2, -0.15) is 0 Å². The zero-order chi connectivity index (χ0) is 20.6. The third-order valence-corrected chi connectivity index (χ3v) is 4.67. The van der Waals surface area contributed by atoms with Crippen LogP contribution in [0.5, 0.6) is 11.5 Å². The van der Waals surface area contributed by atoms with Crippen molar-refractivity contribution in [3.05, 3.63) is 88.4 Å². The molecule has 150 valence electrons. The minimum Gasteiger partial charge on any atom is -0.493 e. The van der Waals surface area contributed by atoms with Crippen LogP contribution in [0.25, 0.3) is 0 Å². The first-order chi connectivity index (χ1) is 14.1. The Morgan fingerprint density at radius 1 is 0.966 bits per heavy atom. The molecule has 0 atom stereocenters. The fourth-order valence-corrected chi connectivity index (χ4v) is 3.05. The van der Waals surface area contributed by atoms with E-state index < -0.39 is 0 Å². The second-order valence-corrected chi connectivity index (χ2v) is 6.94. The normalized spacial score (nSPS) is 10.4. The molecule has 0 aromatic heterocycles. The van der Waals surface area contributed by atoms with E-state index in [0.29, 0.717) is 28.7 Å². The molecular formula is C24H24ClNO3. The van der Waals surface area contributed by atoms with E-state index in [2.05, 4.69) is 12.2 Å². The lowest BCUT2D eigenvalue weighted by atomic mass is 10.1. The number of ether oxygens (including phenoxy) is 2. The second kappa shape index (κ2) is 9.99. The van der Waals surface area contributed by atoms with E-state index in [1.54, 1.807) is 30.3 Å². The van der Waals surface area contributed by atoms with Gasteiger partial charge in [-0.25, -0.2) is 0 Å². The number of hydrogen-bond acceptors (Lipinski definition) is 3. The smallest absolute Gasteiger partial charge is 0.255 e. The van der Waals surface area contributed by atoms with E-state index in [-0.39, 0.29) is 12.5 Å². The molecule has 0 aliphatic rings. The number of nitrogens with one attached hydrogen (secondary N) is 1. The Hall–Kier alpha value is -2.98. The first-order valence-corrected chi connectivity index (χ1v) is 10.0. The van der Waals surface area contributed by atoms with E-state index in [9.17, 15) is 4.79 Å². The van der Waals surface area contributed by atoms with Crippen LogP contribution in [0.15, 0.2) is 66.7 Å². The van der Waals surface area contributed by atoms with E-state index in [1.807, 2.05) is 43.3 Å². The van der Waals surface area contributed by atoms with Crippen molar-refractivity contribution in [3.63, 3.8) is 0 Å². The van der Waals surface area contributed by atoms with Gasteiger partial charge in [0.05, 0.1) is 6.61 Å². The molecule has 0 unspecified atom stereocenters. The summed E-state index contributed by atoms with van der Waals surface area (Å²) < 4.78 is 11.5. The van der Waals surface area contributed by atoms with Gasteiger partial charge < -0.3 is 14.8 Å². The molecular weight excluding hydrogens is 386 g/mol. The van der Waals surface area contributed by atoms with Crippen LogP contribution >= 0.6 is 11.6 Å². The maximum atomic E-state index is 12.7. The predicted molar refractivity (Wildman–Crippen MR) is 117 cm³/mol. The number of benzene rings is 3. The zero-order valence-corrected chi connectivity index (χ0v) is 17.3. The second-order valence-electron chi connectivity index (χ2n) is 6.51. The molecule has 0 aliphatic carbocycles. The van der Waals surface area contributed by atoms with Gasteiger partial charge in [0.2, 0.25) is 0 Å². The topological polar surface area (TPSA) is 47.6 Å². The number of anilines is 1. The highest BCUT2D eigenvalue weighted by molar-refractivity contribution is 6.30. The van der Waals surface area contributed by atoms with Crippen LogP contribution < -0.4 is 14.8 Å². The van der Waals surface area contributed by atoms with Crippen molar-refractivity contribution in [2.45, 2.75) is 26.9 Å². The number of halogens is 1. The lowest BCUT2D eigenvalue weighted by molar-refractivity contribution is 0.102. The molecule has 0 radical (unpaired) electrons. The quantitative estimate of drug-likeness (QED) is 0.486. The van der Waals surface area contributed by atoms with Crippen molar-refractivity contribution in [3.8, 4) is 11.5 Å². The number of amides is 1. The summed E-state index contributed by atoms with van der Waals surface area (Å²) in [5.74, 6) is 1.17. The fraction of sp³-hybridized carbons (Fsp3) is 0.208. The van der Waals surface area contributed by atoms with Crippen molar-refractivity contribution in [1.29, 1.82) is 0 Å². The Kier molecular flexibility index (Phi) is 7.14. The third kappa shape index (κ3) is 5.75. The van der Waals surface area contributed by atoms with E-state index in [0.717, 1.165) is 17.7 Å². The van der Waals surface area contributed by atoms with Gasteiger partial charge in [-0.1, -0.05) is 36.7 Å². The number of carbonyl (C=O) groups is 1. The van der Waals surface area contributed by atoms with Crippen LogP contribution in [-0.2, 0) is 13.0 Å². The standard InChI is InChI=1S/C24H24ClNO3/c1-3-17-8-11-21(12-9-17)26-24(27)18-10-13-23(28-4-2)19(14-18)16-29-22-7-5-6-20(25)15-22/h5-15H,3-4,16H2,1-2H3,(H,26,27). The number of aryl methyl sites for hydroxylation is 1. The van der Waals surface area contributed by atoms with Crippen molar-refractivity contribution in [2.75, 3.05) is 11.9 Å². The van der Waals surface area contributed by atoms with E-state index in [4.69, 9.17) is 21.1 Å². The summed E-state index contributed by atoms with van der Waals surface area (Å²) in [4.78, 5) is 12.7. The summed E-state index contributed by atoms with van der Waals surface area (Å²) in [5.41, 5.74) is 3.32. The van der Waals surface area contributed by atoms with Gasteiger partial charge >= 0.3 is 0 Å². The molecule has 0 spiro atoms. The molecule has 5 heteroatoms. The molecule has 29 heavy (non-hydrogen) atoms. The van der Waals surface area contributed by atoms with E-state index in [1.165, 1.54) is 5.56 Å². The van der Waals surface area contributed by atoms with Crippen molar-refractivity contribution in [2.24, 2.45) is 0 Å². The van der Waals surface area contributed by atoms with Gasteiger partial charge in [0.1, 0.15) is 18.1 Å². The summed E-state index contributed by atoms with van der Waals surface area (Å²) in [5, 5.41) is 3.54. The van der Waals surface area contributed by atoms with Crippen molar-refractivity contribution in [1.82, 2.24) is 0 Å². The van der Waals surface area contributed by atoms with Gasteiger partial charge in [0.25, 0.3) is 5.91 Å². The molecule has 3 rings (SSSR count). The Morgan fingerprint density at radius 2 is 1.76 bits per heavy atom. The Morgan fingerprint density at radius 3 is 2.45 bits per heavy atom. The van der Waals surface area contributed by atoms with Gasteiger partial charge in [0, 0.05) is 21.8 Å². The molecule has 0 heterocycles. The monoisotopic (exact) mass is 409 g/mol. The molecule has 3 aromatic rings. The van der Waals surface area contributed by atoms with Crippen molar-refractivity contribution < 1.29 is 14.3 Å².